The van der Waals surface area contributed by atoms with Crippen LogP contribution in [0, 0.1) is 0 Å². The molecule has 1 aromatic carbocycles. The lowest BCUT2D eigenvalue weighted by molar-refractivity contribution is 0.151. The summed E-state index contributed by atoms with van der Waals surface area (Å²) in [5.74, 6) is 0. The molecule has 2 saturated heterocycles. The maximum atomic E-state index is 9.09. The van der Waals surface area contributed by atoms with Gasteiger partial charge in [0.05, 0.1) is 6.61 Å². The highest BCUT2D eigenvalue weighted by molar-refractivity contribution is 5.22. The van der Waals surface area contributed by atoms with Crippen molar-refractivity contribution in [1.82, 2.24) is 9.80 Å². The van der Waals surface area contributed by atoms with Crippen molar-refractivity contribution in [1.29, 1.82) is 0 Å². The fraction of sp³-hybridized carbons (Fsp3) is 0.647. The van der Waals surface area contributed by atoms with Crippen molar-refractivity contribution in [2.75, 3.05) is 26.2 Å². The van der Waals surface area contributed by atoms with Gasteiger partial charge in [-0.2, -0.15) is 0 Å². The Balaban J connectivity index is 1.50. The minimum atomic E-state index is 0.128. The summed E-state index contributed by atoms with van der Waals surface area (Å²) in [6.07, 6.45) is 3.59. The zero-order chi connectivity index (χ0) is 14.7. The Morgan fingerprint density at radius 2 is 1.67 bits per heavy atom. The Hall–Kier alpha value is -0.940. The van der Waals surface area contributed by atoms with Gasteiger partial charge in [-0.25, -0.2) is 0 Å². The number of piperidine rings is 1. The van der Waals surface area contributed by atoms with Crippen molar-refractivity contribution in [2.24, 2.45) is 5.73 Å². The van der Waals surface area contributed by atoms with Gasteiger partial charge in [0.15, 0.2) is 0 Å². The zero-order valence-corrected chi connectivity index (χ0v) is 12.7. The summed E-state index contributed by atoms with van der Waals surface area (Å²) in [4.78, 5) is 5.19. The summed E-state index contributed by atoms with van der Waals surface area (Å²) >= 11 is 0. The van der Waals surface area contributed by atoms with Crippen LogP contribution in [0.25, 0.3) is 0 Å². The van der Waals surface area contributed by atoms with Gasteiger partial charge in [-0.1, -0.05) is 24.3 Å². The van der Waals surface area contributed by atoms with Crippen LogP contribution >= 0.6 is 0 Å². The SMILES string of the molecule is NC1CCN(C2CCN(Cc3ccc(CO)cc3)C2)CC1. The highest BCUT2D eigenvalue weighted by Gasteiger charge is 2.29. The van der Waals surface area contributed by atoms with E-state index >= 15 is 0 Å². The van der Waals surface area contributed by atoms with Crippen LogP contribution in [0.3, 0.4) is 0 Å². The average Bonchev–Trinajstić information content (AvgIpc) is 2.97. The molecule has 0 aromatic heterocycles. The van der Waals surface area contributed by atoms with E-state index in [0.717, 1.165) is 24.9 Å². The minimum Gasteiger partial charge on any atom is -0.392 e. The van der Waals surface area contributed by atoms with Crippen molar-refractivity contribution in [3.63, 3.8) is 0 Å². The maximum absolute atomic E-state index is 9.09. The number of aliphatic hydroxyl groups excluding tert-OH is 1. The van der Waals surface area contributed by atoms with E-state index in [-0.39, 0.29) is 6.61 Å². The van der Waals surface area contributed by atoms with Gasteiger partial charge in [0.25, 0.3) is 0 Å². The molecule has 0 amide bonds. The van der Waals surface area contributed by atoms with Gasteiger partial charge in [0.2, 0.25) is 0 Å². The molecule has 2 heterocycles. The molecule has 2 fully saturated rings. The van der Waals surface area contributed by atoms with Crippen molar-refractivity contribution >= 4 is 0 Å². The number of nitrogens with zero attached hydrogens (tertiary/aromatic N) is 2. The van der Waals surface area contributed by atoms with Crippen molar-refractivity contribution in [3.05, 3.63) is 35.4 Å². The van der Waals surface area contributed by atoms with Crippen LogP contribution in [0.15, 0.2) is 24.3 Å². The zero-order valence-electron chi connectivity index (χ0n) is 12.7. The molecule has 0 saturated carbocycles. The first kappa shape index (κ1) is 15.0. The van der Waals surface area contributed by atoms with Crippen LogP contribution in [0.4, 0.5) is 0 Å². The molecule has 2 aliphatic rings. The Bertz CT molecular complexity index is 440. The standard InChI is InChI=1S/C17H27N3O/c18-16-5-9-20(10-6-16)17-7-8-19(12-17)11-14-1-3-15(13-21)4-2-14/h1-4,16-17,21H,5-13,18H2. The van der Waals surface area contributed by atoms with Gasteiger partial charge in [-0.3, -0.25) is 9.80 Å². The van der Waals surface area contributed by atoms with Crippen LogP contribution in [-0.4, -0.2) is 53.2 Å². The molecule has 3 rings (SSSR count). The van der Waals surface area contributed by atoms with E-state index < -0.39 is 0 Å². The third kappa shape index (κ3) is 3.83. The molecule has 21 heavy (non-hydrogen) atoms. The van der Waals surface area contributed by atoms with E-state index in [9.17, 15) is 0 Å². The van der Waals surface area contributed by atoms with E-state index in [2.05, 4.69) is 21.9 Å². The third-order valence-corrected chi connectivity index (χ3v) is 4.95. The number of rotatable bonds is 4. The topological polar surface area (TPSA) is 52.7 Å². The summed E-state index contributed by atoms with van der Waals surface area (Å²) in [5.41, 5.74) is 8.32. The molecule has 1 unspecified atom stereocenters. The molecule has 1 aromatic rings. The molecule has 0 aliphatic carbocycles. The fourth-order valence-electron chi connectivity index (χ4n) is 3.55. The lowest BCUT2D eigenvalue weighted by Crippen LogP contribution is -2.46. The van der Waals surface area contributed by atoms with Crippen LogP contribution < -0.4 is 5.73 Å². The second-order valence-electron chi connectivity index (χ2n) is 6.53. The third-order valence-electron chi connectivity index (χ3n) is 4.95. The fourth-order valence-corrected chi connectivity index (χ4v) is 3.55. The van der Waals surface area contributed by atoms with E-state index in [1.54, 1.807) is 0 Å². The normalized spacial score (nSPS) is 25.5. The van der Waals surface area contributed by atoms with Crippen LogP contribution in [-0.2, 0) is 13.2 Å². The number of hydrogen-bond acceptors (Lipinski definition) is 4. The van der Waals surface area contributed by atoms with Gasteiger partial charge in [-0.05, 0) is 43.5 Å². The minimum absolute atomic E-state index is 0.128. The van der Waals surface area contributed by atoms with Crippen molar-refractivity contribution in [3.8, 4) is 0 Å². The first-order valence-corrected chi connectivity index (χ1v) is 8.15. The number of benzene rings is 1. The quantitative estimate of drug-likeness (QED) is 0.874. The molecule has 1 atom stereocenters. The molecule has 0 bridgehead atoms. The average molecular weight is 289 g/mol. The summed E-state index contributed by atoms with van der Waals surface area (Å²) in [6, 6.07) is 9.46. The molecular formula is C17H27N3O. The number of aliphatic hydroxyl groups is 1. The van der Waals surface area contributed by atoms with E-state index in [4.69, 9.17) is 10.8 Å². The largest absolute Gasteiger partial charge is 0.392 e. The second-order valence-corrected chi connectivity index (χ2v) is 6.53. The van der Waals surface area contributed by atoms with E-state index in [1.807, 2.05) is 12.1 Å². The Kier molecular flexibility index (Phi) is 4.91. The van der Waals surface area contributed by atoms with E-state index in [0.29, 0.717) is 12.1 Å². The van der Waals surface area contributed by atoms with E-state index in [1.165, 1.54) is 38.2 Å². The summed E-state index contributed by atoms with van der Waals surface area (Å²) in [7, 11) is 0. The van der Waals surface area contributed by atoms with Gasteiger partial charge in [-0.15, -0.1) is 0 Å². The molecule has 0 radical (unpaired) electrons. The number of likely N-dealkylation sites (tertiary alicyclic amines) is 2. The predicted molar refractivity (Wildman–Crippen MR) is 84.8 cm³/mol. The van der Waals surface area contributed by atoms with Gasteiger partial charge in [0, 0.05) is 31.7 Å². The molecular weight excluding hydrogens is 262 g/mol. The Morgan fingerprint density at radius 1 is 1.00 bits per heavy atom. The molecule has 116 valence electrons. The lowest BCUT2D eigenvalue weighted by atomic mass is 10.0. The first-order chi connectivity index (χ1) is 10.2. The summed E-state index contributed by atoms with van der Waals surface area (Å²) < 4.78 is 0. The second kappa shape index (κ2) is 6.88. The van der Waals surface area contributed by atoms with Crippen LogP contribution in [0.1, 0.15) is 30.4 Å². The monoisotopic (exact) mass is 289 g/mol. The number of hydrogen-bond donors (Lipinski definition) is 2. The highest BCUT2D eigenvalue weighted by atomic mass is 16.3. The number of nitrogens with two attached hydrogens (primary N) is 1. The van der Waals surface area contributed by atoms with Gasteiger partial charge < -0.3 is 10.8 Å². The van der Waals surface area contributed by atoms with Crippen LogP contribution in [0.2, 0.25) is 0 Å². The molecule has 4 heteroatoms. The molecule has 4 nitrogen and oxygen atoms in total. The molecule has 2 aliphatic heterocycles. The molecule has 3 N–H and O–H groups in total. The predicted octanol–water partition coefficient (Wildman–Crippen LogP) is 1.18. The van der Waals surface area contributed by atoms with Crippen LogP contribution in [0.5, 0.6) is 0 Å². The van der Waals surface area contributed by atoms with Gasteiger partial charge >= 0.3 is 0 Å². The van der Waals surface area contributed by atoms with Crippen molar-refractivity contribution < 1.29 is 5.11 Å². The first-order valence-electron chi connectivity index (χ1n) is 8.15. The summed E-state index contributed by atoms with van der Waals surface area (Å²) in [6.45, 7) is 5.86. The molecule has 0 spiro atoms. The van der Waals surface area contributed by atoms with Crippen molar-refractivity contribution in [2.45, 2.75) is 44.5 Å². The highest BCUT2D eigenvalue weighted by Crippen LogP contribution is 2.21. The lowest BCUT2D eigenvalue weighted by Gasteiger charge is -2.34. The maximum Gasteiger partial charge on any atom is 0.0681 e. The van der Waals surface area contributed by atoms with Gasteiger partial charge in [0.1, 0.15) is 0 Å². The smallest absolute Gasteiger partial charge is 0.0681 e. The Labute approximate surface area is 127 Å². The Morgan fingerprint density at radius 3 is 2.33 bits per heavy atom. The summed E-state index contributed by atoms with van der Waals surface area (Å²) in [5, 5.41) is 9.09.